The Balaban J connectivity index is 1.92. The number of hydrogen-bond donors (Lipinski definition) is 1. The van der Waals surface area contributed by atoms with Crippen LogP contribution in [0.5, 0.6) is 0 Å². The van der Waals surface area contributed by atoms with Gasteiger partial charge in [-0.1, -0.05) is 24.3 Å². The van der Waals surface area contributed by atoms with E-state index in [-0.39, 0.29) is 5.60 Å². The van der Waals surface area contributed by atoms with Crippen molar-refractivity contribution in [3.8, 4) is 0 Å². The lowest BCUT2D eigenvalue weighted by atomic mass is 10.1. The molecular formula is C17H27N3O. The molecule has 0 saturated heterocycles. The molecule has 116 valence electrons. The summed E-state index contributed by atoms with van der Waals surface area (Å²) < 4.78 is 5.81. The van der Waals surface area contributed by atoms with Crippen LogP contribution in [0.4, 0.5) is 0 Å². The van der Waals surface area contributed by atoms with Gasteiger partial charge in [0, 0.05) is 13.1 Å². The van der Waals surface area contributed by atoms with Gasteiger partial charge in [-0.25, -0.2) is 4.99 Å². The van der Waals surface area contributed by atoms with E-state index in [1.54, 1.807) is 0 Å². The molecule has 0 radical (unpaired) electrons. The van der Waals surface area contributed by atoms with Crippen LogP contribution in [0.15, 0.2) is 29.3 Å². The number of guanidine groups is 1. The number of ether oxygens (including phenoxy) is 1. The Morgan fingerprint density at radius 3 is 2.62 bits per heavy atom. The summed E-state index contributed by atoms with van der Waals surface area (Å²) in [5, 5.41) is 0. The summed E-state index contributed by atoms with van der Waals surface area (Å²) in [4.78, 5) is 6.56. The molecule has 0 amide bonds. The van der Waals surface area contributed by atoms with Crippen LogP contribution in [0.25, 0.3) is 0 Å². The first-order valence-electron chi connectivity index (χ1n) is 7.60. The topological polar surface area (TPSA) is 50.8 Å². The molecule has 0 unspecified atom stereocenters. The van der Waals surface area contributed by atoms with Crippen molar-refractivity contribution in [1.82, 2.24) is 4.90 Å². The molecule has 0 aliphatic heterocycles. The lowest BCUT2D eigenvalue weighted by molar-refractivity contribution is -0.0149. The van der Waals surface area contributed by atoms with E-state index in [0.29, 0.717) is 25.2 Å². The van der Waals surface area contributed by atoms with Gasteiger partial charge >= 0.3 is 0 Å². The maximum atomic E-state index is 6.01. The number of nitrogens with zero attached hydrogens (tertiary/aromatic N) is 2. The SMILES string of the molecule is CN(C(N)=NCc1cccc(COC(C)(C)C)c1)C1CC1. The van der Waals surface area contributed by atoms with Crippen LogP contribution >= 0.6 is 0 Å². The average Bonchev–Trinajstić information content (AvgIpc) is 3.26. The van der Waals surface area contributed by atoms with Crippen molar-refractivity contribution < 1.29 is 4.74 Å². The fraction of sp³-hybridized carbons (Fsp3) is 0.588. The number of aliphatic imine (C=N–C) groups is 1. The smallest absolute Gasteiger partial charge is 0.191 e. The Morgan fingerprint density at radius 1 is 1.33 bits per heavy atom. The number of rotatable bonds is 5. The van der Waals surface area contributed by atoms with E-state index >= 15 is 0 Å². The Kier molecular flexibility index (Phi) is 4.88. The zero-order chi connectivity index (χ0) is 15.5. The molecule has 2 rings (SSSR count). The van der Waals surface area contributed by atoms with E-state index in [9.17, 15) is 0 Å². The van der Waals surface area contributed by atoms with Crippen molar-refractivity contribution in [3.05, 3.63) is 35.4 Å². The largest absolute Gasteiger partial charge is 0.371 e. The minimum absolute atomic E-state index is 0.119. The van der Waals surface area contributed by atoms with E-state index in [4.69, 9.17) is 10.5 Å². The van der Waals surface area contributed by atoms with Gasteiger partial charge in [0.2, 0.25) is 0 Å². The van der Waals surface area contributed by atoms with Crippen LogP contribution in [-0.2, 0) is 17.9 Å². The molecule has 1 aromatic rings. The molecule has 0 atom stereocenters. The molecule has 1 fully saturated rings. The molecule has 0 aromatic heterocycles. The van der Waals surface area contributed by atoms with Gasteiger partial charge in [-0.3, -0.25) is 0 Å². The number of nitrogens with two attached hydrogens (primary N) is 1. The molecule has 4 nitrogen and oxygen atoms in total. The monoisotopic (exact) mass is 289 g/mol. The van der Waals surface area contributed by atoms with Gasteiger partial charge in [0.25, 0.3) is 0 Å². The fourth-order valence-electron chi connectivity index (χ4n) is 2.05. The normalized spacial score (nSPS) is 16.1. The van der Waals surface area contributed by atoms with Gasteiger partial charge in [-0.05, 0) is 44.7 Å². The van der Waals surface area contributed by atoms with Gasteiger partial charge in [0.1, 0.15) is 0 Å². The lowest BCUT2D eigenvalue weighted by Crippen LogP contribution is -2.35. The highest BCUT2D eigenvalue weighted by Gasteiger charge is 2.27. The minimum Gasteiger partial charge on any atom is -0.371 e. The minimum atomic E-state index is -0.119. The average molecular weight is 289 g/mol. The van der Waals surface area contributed by atoms with Gasteiger partial charge in [0.05, 0.1) is 18.8 Å². The molecule has 0 heterocycles. The highest BCUT2D eigenvalue weighted by atomic mass is 16.5. The first kappa shape index (κ1) is 15.8. The number of benzene rings is 1. The molecule has 1 aliphatic carbocycles. The van der Waals surface area contributed by atoms with E-state index in [2.05, 4.69) is 48.9 Å². The molecule has 21 heavy (non-hydrogen) atoms. The summed E-state index contributed by atoms with van der Waals surface area (Å²) in [5.74, 6) is 0.633. The maximum Gasteiger partial charge on any atom is 0.191 e. The Hall–Kier alpha value is -1.55. The summed E-state index contributed by atoms with van der Waals surface area (Å²) in [7, 11) is 2.02. The highest BCUT2D eigenvalue weighted by Crippen LogP contribution is 2.25. The van der Waals surface area contributed by atoms with E-state index in [0.717, 1.165) is 5.56 Å². The van der Waals surface area contributed by atoms with Crippen LogP contribution in [0, 0.1) is 0 Å². The zero-order valence-corrected chi connectivity index (χ0v) is 13.6. The van der Waals surface area contributed by atoms with Crippen molar-refractivity contribution >= 4 is 5.96 Å². The lowest BCUT2D eigenvalue weighted by Gasteiger charge is -2.19. The molecule has 4 heteroatoms. The maximum absolute atomic E-state index is 6.01. The van der Waals surface area contributed by atoms with E-state index in [1.807, 2.05) is 13.1 Å². The fourth-order valence-corrected chi connectivity index (χ4v) is 2.05. The summed E-state index contributed by atoms with van der Waals surface area (Å²) in [6, 6.07) is 8.94. The van der Waals surface area contributed by atoms with E-state index in [1.165, 1.54) is 18.4 Å². The third kappa shape index (κ3) is 5.38. The van der Waals surface area contributed by atoms with Gasteiger partial charge in [-0.2, -0.15) is 0 Å². The Bertz CT molecular complexity index is 501. The first-order valence-corrected chi connectivity index (χ1v) is 7.60. The molecule has 0 spiro atoms. The molecule has 1 saturated carbocycles. The second kappa shape index (κ2) is 6.48. The van der Waals surface area contributed by atoms with Crippen molar-refractivity contribution in [1.29, 1.82) is 0 Å². The van der Waals surface area contributed by atoms with Gasteiger partial charge in [-0.15, -0.1) is 0 Å². The van der Waals surface area contributed by atoms with Crippen LogP contribution in [0.2, 0.25) is 0 Å². The number of hydrogen-bond acceptors (Lipinski definition) is 2. The van der Waals surface area contributed by atoms with Gasteiger partial charge < -0.3 is 15.4 Å². The van der Waals surface area contributed by atoms with Crippen molar-refractivity contribution in [3.63, 3.8) is 0 Å². The predicted octanol–water partition coefficient (Wildman–Crippen LogP) is 2.91. The molecular weight excluding hydrogens is 262 g/mol. The summed E-state index contributed by atoms with van der Waals surface area (Å²) in [6.07, 6.45) is 2.46. The Labute approximate surface area is 128 Å². The van der Waals surface area contributed by atoms with Gasteiger partial charge in [0.15, 0.2) is 5.96 Å². The van der Waals surface area contributed by atoms with Crippen LogP contribution < -0.4 is 5.73 Å². The molecule has 1 aromatic carbocycles. The second-order valence-corrected chi connectivity index (χ2v) is 6.74. The molecule has 0 bridgehead atoms. The van der Waals surface area contributed by atoms with Crippen molar-refractivity contribution in [2.75, 3.05) is 7.05 Å². The van der Waals surface area contributed by atoms with Crippen LogP contribution in [-0.4, -0.2) is 29.6 Å². The van der Waals surface area contributed by atoms with E-state index < -0.39 is 0 Å². The Morgan fingerprint density at radius 2 is 2.00 bits per heavy atom. The first-order chi connectivity index (χ1) is 9.85. The third-order valence-corrected chi connectivity index (χ3v) is 3.54. The van der Waals surface area contributed by atoms with Crippen LogP contribution in [0.1, 0.15) is 44.7 Å². The standard InChI is InChI=1S/C17H27N3O/c1-17(2,3)21-12-14-7-5-6-13(10-14)11-19-16(18)20(4)15-8-9-15/h5-7,10,15H,8-9,11-12H2,1-4H3,(H2,18,19). The summed E-state index contributed by atoms with van der Waals surface area (Å²) >= 11 is 0. The summed E-state index contributed by atoms with van der Waals surface area (Å²) in [5.41, 5.74) is 8.23. The van der Waals surface area contributed by atoms with Crippen LogP contribution in [0.3, 0.4) is 0 Å². The summed E-state index contributed by atoms with van der Waals surface area (Å²) in [6.45, 7) is 7.44. The van der Waals surface area contributed by atoms with Crippen molar-refractivity contribution in [2.24, 2.45) is 10.7 Å². The quantitative estimate of drug-likeness (QED) is 0.670. The highest BCUT2D eigenvalue weighted by molar-refractivity contribution is 5.78. The second-order valence-electron chi connectivity index (χ2n) is 6.74. The molecule has 2 N–H and O–H groups in total. The van der Waals surface area contributed by atoms with Crippen molar-refractivity contribution in [2.45, 2.75) is 58.4 Å². The zero-order valence-electron chi connectivity index (χ0n) is 13.6. The molecule has 1 aliphatic rings. The predicted molar refractivity (Wildman–Crippen MR) is 87.1 cm³/mol. The third-order valence-electron chi connectivity index (χ3n) is 3.54.